The Hall–Kier alpha value is -0.810. The predicted molar refractivity (Wildman–Crippen MR) is 87.0 cm³/mol. The van der Waals surface area contributed by atoms with Crippen LogP contribution in [0.25, 0.3) is 0 Å². The summed E-state index contributed by atoms with van der Waals surface area (Å²) in [5.74, 6) is 0.854. The van der Waals surface area contributed by atoms with Crippen LogP contribution in [-0.2, 0) is 9.47 Å². The third-order valence-corrected chi connectivity index (χ3v) is 4.46. The molecule has 2 aliphatic rings. The van der Waals surface area contributed by atoms with Gasteiger partial charge in [-0.1, -0.05) is 6.42 Å². The fourth-order valence-electron chi connectivity index (χ4n) is 2.97. The molecule has 1 saturated carbocycles. The van der Waals surface area contributed by atoms with E-state index in [1.54, 1.807) is 0 Å². The van der Waals surface area contributed by atoms with Gasteiger partial charge in [-0.05, 0) is 59.4 Å². The third-order valence-electron chi connectivity index (χ3n) is 4.46. The maximum absolute atomic E-state index is 12.4. The first kappa shape index (κ1) is 17.5. The Kier molecular flexibility index (Phi) is 6.09. The van der Waals surface area contributed by atoms with E-state index >= 15 is 0 Å². The van der Waals surface area contributed by atoms with Gasteiger partial charge in [0.05, 0.1) is 19.3 Å². The highest BCUT2D eigenvalue weighted by molar-refractivity contribution is 5.68. The number of amides is 1. The van der Waals surface area contributed by atoms with E-state index in [9.17, 15) is 4.79 Å². The quantitative estimate of drug-likeness (QED) is 0.848. The van der Waals surface area contributed by atoms with Crippen LogP contribution < -0.4 is 5.32 Å². The fraction of sp³-hybridized carbons (Fsp3) is 0.941. The van der Waals surface area contributed by atoms with Crippen molar-refractivity contribution < 1.29 is 14.3 Å². The van der Waals surface area contributed by atoms with Gasteiger partial charge in [-0.2, -0.15) is 0 Å². The first-order valence-electron chi connectivity index (χ1n) is 8.66. The van der Waals surface area contributed by atoms with Crippen LogP contribution in [0.4, 0.5) is 4.79 Å². The van der Waals surface area contributed by atoms with Gasteiger partial charge in [0.1, 0.15) is 5.60 Å². The zero-order valence-electron chi connectivity index (χ0n) is 14.6. The van der Waals surface area contributed by atoms with Crippen molar-refractivity contribution >= 4 is 6.09 Å². The second kappa shape index (κ2) is 7.64. The molecule has 1 aliphatic carbocycles. The number of nitrogens with zero attached hydrogens (tertiary/aromatic N) is 1. The van der Waals surface area contributed by atoms with Crippen molar-refractivity contribution in [2.75, 3.05) is 26.3 Å². The molecule has 0 radical (unpaired) electrons. The van der Waals surface area contributed by atoms with E-state index in [1.807, 2.05) is 25.7 Å². The summed E-state index contributed by atoms with van der Waals surface area (Å²) in [6.45, 7) is 10.8. The van der Waals surface area contributed by atoms with E-state index in [2.05, 4.69) is 12.2 Å². The number of carbonyl (C=O) groups is 1. The van der Waals surface area contributed by atoms with Crippen LogP contribution >= 0.6 is 0 Å². The SMILES string of the molecule is CC(CC1COCCN1C(=O)OC(C)(C)C)NCC1CCC1. The molecule has 0 aromatic heterocycles. The molecule has 1 saturated heterocycles. The van der Waals surface area contributed by atoms with Gasteiger partial charge in [0.25, 0.3) is 0 Å². The van der Waals surface area contributed by atoms with Crippen molar-refractivity contribution in [3.63, 3.8) is 0 Å². The number of hydrogen-bond acceptors (Lipinski definition) is 4. The van der Waals surface area contributed by atoms with Crippen LogP contribution in [-0.4, -0.2) is 55.0 Å². The molecule has 0 bridgehead atoms. The lowest BCUT2D eigenvalue weighted by Gasteiger charge is -2.38. The maximum Gasteiger partial charge on any atom is 0.410 e. The lowest BCUT2D eigenvalue weighted by atomic mass is 9.85. The smallest absolute Gasteiger partial charge is 0.410 e. The van der Waals surface area contributed by atoms with Crippen LogP contribution in [0.15, 0.2) is 0 Å². The molecule has 128 valence electrons. The second-order valence-electron chi connectivity index (χ2n) is 7.74. The Bertz CT molecular complexity index is 363. The summed E-state index contributed by atoms with van der Waals surface area (Å²) in [6.07, 6.45) is 4.79. The molecule has 0 aromatic rings. The molecule has 2 atom stereocenters. The largest absolute Gasteiger partial charge is 0.444 e. The number of ether oxygens (including phenoxy) is 2. The second-order valence-corrected chi connectivity index (χ2v) is 7.74. The topological polar surface area (TPSA) is 50.8 Å². The zero-order chi connectivity index (χ0) is 16.2. The summed E-state index contributed by atoms with van der Waals surface area (Å²) in [5.41, 5.74) is -0.450. The maximum atomic E-state index is 12.4. The van der Waals surface area contributed by atoms with Crippen LogP contribution in [0.5, 0.6) is 0 Å². The number of rotatable bonds is 5. The van der Waals surface area contributed by atoms with Gasteiger partial charge >= 0.3 is 6.09 Å². The first-order chi connectivity index (χ1) is 10.3. The number of nitrogens with one attached hydrogen (secondary N) is 1. The molecule has 5 nitrogen and oxygen atoms in total. The molecule has 0 aromatic carbocycles. The first-order valence-corrected chi connectivity index (χ1v) is 8.66. The highest BCUT2D eigenvalue weighted by Gasteiger charge is 2.32. The molecular formula is C17H32N2O3. The van der Waals surface area contributed by atoms with Gasteiger partial charge in [-0.15, -0.1) is 0 Å². The molecule has 2 unspecified atom stereocenters. The van der Waals surface area contributed by atoms with Crippen LogP contribution in [0.3, 0.4) is 0 Å². The summed E-state index contributed by atoms with van der Waals surface area (Å²) < 4.78 is 11.1. The van der Waals surface area contributed by atoms with Gasteiger partial charge in [-0.3, -0.25) is 0 Å². The van der Waals surface area contributed by atoms with Crippen molar-refractivity contribution in [3.05, 3.63) is 0 Å². The van der Waals surface area contributed by atoms with E-state index in [0.29, 0.717) is 25.8 Å². The number of morpholine rings is 1. The van der Waals surface area contributed by atoms with Crippen molar-refractivity contribution in [2.24, 2.45) is 5.92 Å². The zero-order valence-corrected chi connectivity index (χ0v) is 14.6. The monoisotopic (exact) mass is 312 g/mol. The molecule has 2 rings (SSSR count). The Morgan fingerprint density at radius 1 is 1.41 bits per heavy atom. The van der Waals surface area contributed by atoms with E-state index in [1.165, 1.54) is 19.3 Å². The lowest BCUT2D eigenvalue weighted by molar-refractivity contribution is -0.0356. The van der Waals surface area contributed by atoms with Gasteiger partial charge in [-0.25, -0.2) is 4.79 Å². The molecule has 0 spiro atoms. The molecular weight excluding hydrogens is 280 g/mol. The molecule has 1 aliphatic heterocycles. The predicted octanol–water partition coefficient (Wildman–Crippen LogP) is 2.79. The van der Waals surface area contributed by atoms with Crippen LogP contribution in [0.1, 0.15) is 53.4 Å². The molecule has 1 N–H and O–H groups in total. The van der Waals surface area contributed by atoms with Crippen LogP contribution in [0, 0.1) is 5.92 Å². The Labute approximate surface area is 134 Å². The minimum absolute atomic E-state index is 0.104. The standard InChI is InChI=1S/C17H32N2O3/c1-13(18-11-14-6-5-7-14)10-15-12-21-9-8-19(15)16(20)22-17(2,3)4/h13-15,18H,5-12H2,1-4H3. The average molecular weight is 312 g/mol. The molecule has 1 amide bonds. The van der Waals surface area contributed by atoms with Gasteiger partial charge in [0.15, 0.2) is 0 Å². The van der Waals surface area contributed by atoms with Gasteiger partial charge < -0.3 is 19.7 Å². The number of hydrogen-bond donors (Lipinski definition) is 1. The van der Waals surface area contributed by atoms with E-state index in [0.717, 1.165) is 18.9 Å². The Balaban J connectivity index is 1.81. The molecule has 2 fully saturated rings. The number of carbonyl (C=O) groups excluding carboxylic acids is 1. The normalized spacial score (nSPS) is 24.7. The van der Waals surface area contributed by atoms with Crippen molar-refractivity contribution in [3.8, 4) is 0 Å². The van der Waals surface area contributed by atoms with Crippen molar-refractivity contribution in [2.45, 2.75) is 71.1 Å². The minimum Gasteiger partial charge on any atom is -0.444 e. The summed E-state index contributed by atoms with van der Waals surface area (Å²) >= 11 is 0. The summed E-state index contributed by atoms with van der Waals surface area (Å²) in [7, 11) is 0. The van der Waals surface area contributed by atoms with Crippen LogP contribution in [0.2, 0.25) is 0 Å². The van der Waals surface area contributed by atoms with Crippen molar-refractivity contribution in [1.29, 1.82) is 0 Å². The highest BCUT2D eigenvalue weighted by Crippen LogP contribution is 2.25. The molecule has 1 heterocycles. The lowest BCUT2D eigenvalue weighted by Crippen LogP contribution is -2.52. The third kappa shape index (κ3) is 5.43. The Morgan fingerprint density at radius 3 is 2.73 bits per heavy atom. The Morgan fingerprint density at radius 2 is 2.14 bits per heavy atom. The summed E-state index contributed by atoms with van der Waals surface area (Å²) in [5, 5.41) is 3.61. The van der Waals surface area contributed by atoms with Gasteiger partial charge in [0.2, 0.25) is 0 Å². The van der Waals surface area contributed by atoms with Gasteiger partial charge in [0, 0.05) is 12.6 Å². The minimum atomic E-state index is -0.450. The highest BCUT2D eigenvalue weighted by atomic mass is 16.6. The fourth-order valence-corrected chi connectivity index (χ4v) is 2.97. The average Bonchev–Trinajstić information content (AvgIpc) is 2.35. The van der Waals surface area contributed by atoms with Crippen molar-refractivity contribution in [1.82, 2.24) is 10.2 Å². The summed E-state index contributed by atoms with van der Waals surface area (Å²) in [6, 6.07) is 0.490. The van der Waals surface area contributed by atoms with E-state index < -0.39 is 5.60 Å². The summed E-state index contributed by atoms with van der Waals surface area (Å²) in [4.78, 5) is 14.2. The molecule has 5 heteroatoms. The van der Waals surface area contributed by atoms with E-state index in [-0.39, 0.29) is 12.1 Å². The van der Waals surface area contributed by atoms with E-state index in [4.69, 9.17) is 9.47 Å². The molecule has 22 heavy (non-hydrogen) atoms.